The van der Waals surface area contributed by atoms with Crippen LogP contribution in [0, 0.1) is 0 Å². The topological polar surface area (TPSA) is 21.6 Å². The highest BCUT2D eigenvalue weighted by Gasteiger charge is 2.07. The summed E-state index contributed by atoms with van der Waals surface area (Å²) in [6.07, 6.45) is 0.805. The van der Waals surface area contributed by atoms with Gasteiger partial charge in [0.2, 0.25) is 0 Å². The maximum absolute atomic E-state index is 5.33. The van der Waals surface area contributed by atoms with Crippen molar-refractivity contribution < 1.29 is 4.74 Å². The van der Waals surface area contributed by atoms with E-state index < -0.39 is 0 Å². The van der Waals surface area contributed by atoms with Crippen molar-refractivity contribution in [2.24, 2.45) is 4.99 Å². The summed E-state index contributed by atoms with van der Waals surface area (Å²) in [5.41, 5.74) is 1.23. The van der Waals surface area contributed by atoms with E-state index in [1.807, 2.05) is 12.1 Å². The number of nitrogens with zero attached hydrogens (tertiary/aromatic N) is 1. The first-order valence-corrected chi connectivity index (χ1v) is 5.04. The van der Waals surface area contributed by atoms with Crippen LogP contribution in [0.1, 0.15) is 5.56 Å². The molecule has 0 spiro atoms. The molecule has 2 nitrogen and oxygen atoms in total. The molecule has 0 bridgehead atoms. The highest BCUT2D eigenvalue weighted by atomic mass is 79.9. The third-order valence-electron chi connectivity index (χ3n) is 1.89. The highest BCUT2D eigenvalue weighted by Crippen LogP contribution is 2.13. The van der Waals surface area contributed by atoms with Crippen LogP contribution in [0.3, 0.4) is 0 Å². The number of benzene rings is 1. The molecule has 0 N–H and O–H groups in total. The minimum atomic E-state index is 0.739. The molecule has 0 aromatic heterocycles. The Morgan fingerprint density at radius 2 is 2.38 bits per heavy atom. The van der Waals surface area contributed by atoms with Crippen LogP contribution in [0.15, 0.2) is 33.7 Å². The lowest BCUT2D eigenvalue weighted by molar-refractivity contribution is 0.341. The van der Waals surface area contributed by atoms with Gasteiger partial charge < -0.3 is 4.74 Å². The van der Waals surface area contributed by atoms with Crippen LogP contribution >= 0.6 is 15.9 Å². The van der Waals surface area contributed by atoms with Crippen LogP contribution in [-0.4, -0.2) is 19.0 Å². The Morgan fingerprint density at radius 3 is 3.08 bits per heavy atom. The molecule has 0 unspecified atom stereocenters. The van der Waals surface area contributed by atoms with Crippen molar-refractivity contribution in [3.63, 3.8) is 0 Å². The van der Waals surface area contributed by atoms with E-state index in [0.29, 0.717) is 0 Å². The van der Waals surface area contributed by atoms with Gasteiger partial charge in [-0.3, -0.25) is 4.99 Å². The number of hydrogen-bond acceptors (Lipinski definition) is 2. The molecule has 0 saturated carbocycles. The lowest BCUT2D eigenvalue weighted by atomic mass is 10.1. The second-order valence-corrected chi connectivity index (χ2v) is 3.85. The lowest BCUT2D eigenvalue weighted by Gasteiger charge is -2.01. The largest absolute Gasteiger partial charge is 0.479 e. The van der Waals surface area contributed by atoms with Gasteiger partial charge in [0.05, 0.1) is 6.54 Å². The van der Waals surface area contributed by atoms with E-state index in [1.165, 1.54) is 5.56 Å². The zero-order valence-electron chi connectivity index (χ0n) is 7.16. The molecule has 3 heteroatoms. The summed E-state index contributed by atoms with van der Waals surface area (Å²) in [4.78, 5) is 4.24. The molecular formula is C10H10BrNO. The molecule has 0 saturated heterocycles. The number of ether oxygens (including phenoxy) is 1. The van der Waals surface area contributed by atoms with E-state index in [4.69, 9.17) is 4.74 Å². The molecule has 1 heterocycles. The van der Waals surface area contributed by atoms with Gasteiger partial charge in [0.15, 0.2) is 5.90 Å². The summed E-state index contributed by atoms with van der Waals surface area (Å²) >= 11 is 3.43. The van der Waals surface area contributed by atoms with E-state index in [9.17, 15) is 0 Å². The molecule has 0 radical (unpaired) electrons. The Hall–Kier alpha value is -0.830. The Labute approximate surface area is 85.8 Å². The summed E-state index contributed by atoms with van der Waals surface area (Å²) in [5, 5.41) is 0. The summed E-state index contributed by atoms with van der Waals surface area (Å²) in [7, 11) is 0. The SMILES string of the molecule is Brc1cccc(CC2=NCCO2)c1. The van der Waals surface area contributed by atoms with Crippen LogP contribution < -0.4 is 0 Å². The Bertz CT molecular complexity index is 335. The van der Waals surface area contributed by atoms with Gasteiger partial charge in [-0.15, -0.1) is 0 Å². The molecule has 68 valence electrons. The molecule has 1 aromatic rings. The van der Waals surface area contributed by atoms with Gasteiger partial charge in [0.1, 0.15) is 6.61 Å². The van der Waals surface area contributed by atoms with Crippen LogP contribution in [0.2, 0.25) is 0 Å². The van der Waals surface area contributed by atoms with Gasteiger partial charge in [-0.05, 0) is 17.7 Å². The smallest absolute Gasteiger partial charge is 0.187 e. The van der Waals surface area contributed by atoms with E-state index in [-0.39, 0.29) is 0 Å². The summed E-state index contributed by atoms with van der Waals surface area (Å²) in [6.45, 7) is 1.55. The molecule has 1 aliphatic heterocycles. The van der Waals surface area contributed by atoms with E-state index >= 15 is 0 Å². The maximum Gasteiger partial charge on any atom is 0.187 e. The zero-order chi connectivity index (χ0) is 9.10. The molecule has 0 aliphatic carbocycles. The predicted octanol–water partition coefficient (Wildman–Crippen LogP) is 2.42. The van der Waals surface area contributed by atoms with Crippen LogP contribution in [0.25, 0.3) is 0 Å². The monoisotopic (exact) mass is 239 g/mol. The first-order chi connectivity index (χ1) is 6.34. The second-order valence-electron chi connectivity index (χ2n) is 2.93. The fourth-order valence-corrected chi connectivity index (χ4v) is 1.75. The van der Waals surface area contributed by atoms with Gasteiger partial charge >= 0.3 is 0 Å². The number of aliphatic imine (C=N–C) groups is 1. The van der Waals surface area contributed by atoms with Crippen molar-refractivity contribution in [3.05, 3.63) is 34.3 Å². The van der Waals surface area contributed by atoms with Gasteiger partial charge in [0, 0.05) is 10.9 Å². The third-order valence-corrected chi connectivity index (χ3v) is 2.39. The predicted molar refractivity (Wildman–Crippen MR) is 56.1 cm³/mol. The zero-order valence-corrected chi connectivity index (χ0v) is 8.75. The molecule has 0 fully saturated rings. The third kappa shape index (κ3) is 2.31. The van der Waals surface area contributed by atoms with Crippen LogP contribution in [0.4, 0.5) is 0 Å². The molecule has 1 aliphatic rings. The average molecular weight is 240 g/mol. The van der Waals surface area contributed by atoms with Gasteiger partial charge in [0.25, 0.3) is 0 Å². The minimum Gasteiger partial charge on any atom is -0.479 e. The molecular weight excluding hydrogens is 230 g/mol. The summed E-state index contributed by atoms with van der Waals surface area (Å²) in [6, 6.07) is 8.20. The highest BCUT2D eigenvalue weighted by molar-refractivity contribution is 9.10. The van der Waals surface area contributed by atoms with Crippen molar-refractivity contribution in [3.8, 4) is 0 Å². The van der Waals surface area contributed by atoms with E-state index in [2.05, 4.69) is 33.1 Å². The Kier molecular flexibility index (Phi) is 2.64. The fraction of sp³-hybridized carbons (Fsp3) is 0.300. The Balaban J connectivity index is 2.09. The van der Waals surface area contributed by atoms with Gasteiger partial charge in [-0.1, -0.05) is 28.1 Å². The molecule has 1 aromatic carbocycles. The van der Waals surface area contributed by atoms with Crippen molar-refractivity contribution in [2.75, 3.05) is 13.2 Å². The summed E-state index contributed by atoms with van der Waals surface area (Å²) in [5.74, 6) is 0.859. The fourth-order valence-electron chi connectivity index (χ4n) is 1.31. The Morgan fingerprint density at radius 1 is 1.46 bits per heavy atom. The maximum atomic E-state index is 5.33. The molecule has 13 heavy (non-hydrogen) atoms. The summed E-state index contributed by atoms with van der Waals surface area (Å²) < 4.78 is 6.43. The number of rotatable bonds is 2. The minimum absolute atomic E-state index is 0.739. The quantitative estimate of drug-likeness (QED) is 0.777. The normalized spacial score (nSPS) is 15.3. The van der Waals surface area contributed by atoms with Crippen LogP contribution in [0.5, 0.6) is 0 Å². The van der Waals surface area contributed by atoms with Crippen molar-refractivity contribution in [1.29, 1.82) is 0 Å². The van der Waals surface area contributed by atoms with Gasteiger partial charge in [-0.2, -0.15) is 0 Å². The van der Waals surface area contributed by atoms with E-state index in [1.54, 1.807) is 0 Å². The number of hydrogen-bond donors (Lipinski definition) is 0. The first kappa shape index (κ1) is 8.75. The first-order valence-electron chi connectivity index (χ1n) is 4.25. The number of halogens is 1. The molecule has 0 atom stereocenters. The molecule has 2 rings (SSSR count). The second kappa shape index (κ2) is 3.92. The average Bonchev–Trinajstić information content (AvgIpc) is 2.57. The molecule has 0 amide bonds. The van der Waals surface area contributed by atoms with Gasteiger partial charge in [-0.25, -0.2) is 0 Å². The van der Waals surface area contributed by atoms with Crippen molar-refractivity contribution in [2.45, 2.75) is 6.42 Å². The van der Waals surface area contributed by atoms with Crippen molar-refractivity contribution >= 4 is 21.8 Å². The lowest BCUT2D eigenvalue weighted by Crippen LogP contribution is -2.02. The van der Waals surface area contributed by atoms with E-state index in [0.717, 1.165) is 29.9 Å². The van der Waals surface area contributed by atoms with Crippen LogP contribution in [-0.2, 0) is 11.2 Å². The standard InChI is InChI=1S/C10H10BrNO/c11-9-3-1-2-8(6-9)7-10-12-4-5-13-10/h1-3,6H,4-5,7H2. The van der Waals surface area contributed by atoms with Crippen molar-refractivity contribution in [1.82, 2.24) is 0 Å².